The van der Waals surface area contributed by atoms with Gasteiger partial charge in [0.25, 0.3) is 0 Å². The standard InChI is InChI=1S/C19H25N3O2/c1-14-20-16-5-3-4-6-17(16)22(14)11-15-7-9-21(10-8-15)18(23)19(2)12-24-13-19/h3-6,15H,7-13H2,1-2H3. The van der Waals surface area contributed by atoms with Crippen molar-refractivity contribution in [2.45, 2.75) is 33.2 Å². The maximum absolute atomic E-state index is 12.6. The molecule has 0 spiro atoms. The highest BCUT2D eigenvalue weighted by atomic mass is 16.5. The van der Waals surface area contributed by atoms with Crippen LogP contribution >= 0.6 is 0 Å². The Morgan fingerprint density at radius 3 is 2.67 bits per heavy atom. The molecule has 0 atom stereocenters. The van der Waals surface area contributed by atoms with Crippen LogP contribution in [0.5, 0.6) is 0 Å². The van der Waals surface area contributed by atoms with Crippen LogP contribution in [0.15, 0.2) is 24.3 Å². The van der Waals surface area contributed by atoms with Crippen molar-refractivity contribution in [2.75, 3.05) is 26.3 Å². The Bertz CT molecular complexity index is 755. The number of aryl methyl sites for hydroxylation is 1. The molecule has 5 nitrogen and oxygen atoms in total. The molecule has 1 aromatic heterocycles. The lowest BCUT2D eigenvalue weighted by atomic mass is 9.85. The number of hydrogen-bond acceptors (Lipinski definition) is 3. The number of aromatic nitrogens is 2. The van der Waals surface area contributed by atoms with E-state index >= 15 is 0 Å². The van der Waals surface area contributed by atoms with Crippen molar-refractivity contribution in [3.63, 3.8) is 0 Å². The molecule has 5 heteroatoms. The first-order chi connectivity index (χ1) is 11.6. The van der Waals surface area contributed by atoms with Crippen LogP contribution in [0.2, 0.25) is 0 Å². The Morgan fingerprint density at radius 1 is 1.29 bits per heavy atom. The van der Waals surface area contributed by atoms with Gasteiger partial charge in [-0.15, -0.1) is 0 Å². The van der Waals surface area contributed by atoms with Crippen LogP contribution in [0.25, 0.3) is 11.0 Å². The van der Waals surface area contributed by atoms with Crippen molar-refractivity contribution in [2.24, 2.45) is 11.3 Å². The fourth-order valence-electron chi connectivity index (χ4n) is 3.92. The molecule has 0 radical (unpaired) electrons. The van der Waals surface area contributed by atoms with Crippen molar-refractivity contribution >= 4 is 16.9 Å². The van der Waals surface area contributed by atoms with Gasteiger partial charge in [-0.2, -0.15) is 0 Å². The molecule has 24 heavy (non-hydrogen) atoms. The molecule has 4 rings (SSSR count). The van der Waals surface area contributed by atoms with Crippen molar-refractivity contribution in [3.8, 4) is 0 Å². The van der Waals surface area contributed by atoms with Gasteiger partial charge < -0.3 is 14.2 Å². The van der Waals surface area contributed by atoms with Gasteiger partial charge in [-0.3, -0.25) is 4.79 Å². The summed E-state index contributed by atoms with van der Waals surface area (Å²) in [6.07, 6.45) is 2.13. The Balaban J connectivity index is 1.41. The van der Waals surface area contributed by atoms with Crippen LogP contribution in [-0.2, 0) is 16.1 Å². The summed E-state index contributed by atoms with van der Waals surface area (Å²) in [6, 6.07) is 8.32. The zero-order chi connectivity index (χ0) is 16.7. The maximum atomic E-state index is 12.6. The molecule has 0 N–H and O–H groups in total. The van der Waals surface area contributed by atoms with Gasteiger partial charge in [0.2, 0.25) is 5.91 Å². The number of likely N-dealkylation sites (tertiary alicyclic amines) is 1. The lowest BCUT2D eigenvalue weighted by Gasteiger charge is -2.42. The zero-order valence-electron chi connectivity index (χ0n) is 14.5. The van der Waals surface area contributed by atoms with Gasteiger partial charge in [0.05, 0.1) is 29.7 Å². The van der Waals surface area contributed by atoms with Crippen LogP contribution in [0, 0.1) is 18.3 Å². The van der Waals surface area contributed by atoms with Gasteiger partial charge in [-0.1, -0.05) is 12.1 Å². The monoisotopic (exact) mass is 327 g/mol. The Kier molecular flexibility index (Phi) is 3.83. The summed E-state index contributed by atoms with van der Waals surface area (Å²) < 4.78 is 7.57. The number of fused-ring (bicyclic) bond motifs is 1. The number of ether oxygens (including phenoxy) is 1. The van der Waals surface area contributed by atoms with Gasteiger partial charge in [0.15, 0.2) is 0 Å². The number of nitrogens with zero attached hydrogens (tertiary/aromatic N) is 3. The minimum Gasteiger partial charge on any atom is -0.379 e. The Morgan fingerprint density at radius 2 is 2.00 bits per heavy atom. The van der Waals surface area contributed by atoms with Gasteiger partial charge in [-0.05, 0) is 44.7 Å². The largest absolute Gasteiger partial charge is 0.379 e. The Labute approximate surface area is 142 Å². The zero-order valence-corrected chi connectivity index (χ0v) is 14.5. The number of rotatable bonds is 3. The summed E-state index contributed by atoms with van der Waals surface area (Å²) >= 11 is 0. The van der Waals surface area contributed by atoms with E-state index in [0.717, 1.165) is 43.8 Å². The third kappa shape index (κ3) is 2.61. The van der Waals surface area contributed by atoms with Crippen LogP contribution in [0.4, 0.5) is 0 Å². The normalized spacial score (nSPS) is 21.0. The molecular weight excluding hydrogens is 302 g/mol. The summed E-state index contributed by atoms with van der Waals surface area (Å²) in [6.45, 7) is 7.98. The van der Waals surface area contributed by atoms with E-state index < -0.39 is 0 Å². The molecule has 0 bridgehead atoms. The summed E-state index contributed by atoms with van der Waals surface area (Å²) in [5.41, 5.74) is 2.01. The van der Waals surface area contributed by atoms with E-state index in [4.69, 9.17) is 4.74 Å². The van der Waals surface area contributed by atoms with Crippen LogP contribution in [-0.4, -0.2) is 46.7 Å². The van der Waals surface area contributed by atoms with Gasteiger partial charge in [-0.25, -0.2) is 4.98 Å². The second kappa shape index (κ2) is 5.88. The van der Waals surface area contributed by atoms with Crippen molar-refractivity contribution in [1.29, 1.82) is 0 Å². The van der Waals surface area contributed by atoms with E-state index in [1.54, 1.807) is 0 Å². The molecule has 1 aromatic carbocycles. The highest BCUT2D eigenvalue weighted by Crippen LogP contribution is 2.31. The number of carbonyl (C=O) groups is 1. The second-order valence-electron chi connectivity index (χ2n) is 7.55. The fraction of sp³-hybridized carbons (Fsp3) is 0.579. The fourth-order valence-corrected chi connectivity index (χ4v) is 3.92. The quantitative estimate of drug-likeness (QED) is 0.871. The molecular formula is C19H25N3O2. The molecule has 2 fully saturated rings. The minimum absolute atomic E-state index is 0.274. The molecule has 2 aliphatic heterocycles. The number of imidazole rings is 1. The number of amides is 1. The second-order valence-corrected chi connectivity index (χ2v) is 7.55. The van der Waals surface area contributed by atoms with Crippen LogP contribution in [0.3, 0.4) is 0 Å². The van der Waals surface area contributed by atoms with Crippen LogP contribution < -0.4 is 0 Å². The smallest absolute Gasteiger partial charge is 0.233 e. The highest BCUT2D eigenvalue weighted by molar-refractivity contribution is 5.83. The van der Waals surface area contributed by atoms with Gasteiger partial charge >= 0.3 is 0 Å². The first-order valence-electron chi connectivity index (χ1n) is 8.86. The molecule has 0 unspecified atom stereocenters. The third-order valence-corrected chi connectivity index (χ3v) is 5.55. The van der Waals surface area contributed by atoms with Crippen molar-refractivity contribution in [1.82, 2.24) is 14.5 Å². The highest BCUT2D eigenvalue weighted by Gasteiger charge is 2.44. The van der Waals surface area contributed by atoms with E-state index in [2.05, 4.69) is 34.7 Å². The number of piperidine rings is 1. The van der Waals surface area contributed by atoms with E-state index in [1.807, 2.05) is 17.9 Å². The third-order valence-electron chi connectivity index (χ3n) is 5.55. The number of carbonyl (C=O) groups excluding carboxylic acids is 1. The summed E-state index contributed by atoms with van der Waals surface area (Å²) in [4.78, 5) is 19.3. The predicted octanol–water partition coefficient (Wildman–Crippen LogP) is 2.62. The molecule has 3 heterocycles. The van der Waals surface area contributed by atoms with E-state index in [9.17, 15) is 4.79 Å². The van der Waals surface area contributed by atoms with E-state index in [1.165, 1.54) is 5.52 Å². The molecule has 2 aromatic rings. The van der Waals surface area contributed by atoms with Gasteiger partial charge in [0, 0.05) is 19.6 Å². The first-order valence-corrected chi connectivity index (χ1v) is 8.86. The van der Waals surface area contributed by atoms with E-state index in [-0.39, 0.29) is 11.3 Å². The maximum Gasteiger partial charge on any atom is 0.233 e. The number of para-hydroxylation sites is 2. The topological polar surface area (TPSA) is 47.4 Å². The molecule has 1 amide bonds. The summed E-state index contributed by atoms with van der Waals surface area (Å²) in [7, 11) is 0. The Hall–Kier alpha value is -1.88. The number of hydrogen-bond donors (Lipinski definition) is 0. The molecule has 2 saturated heterocycles. The van der Waals surface area contributed by atoms with Crippen molar-refractivity contribution < 1.29 is 9.53 Å². The SMILES string of the molecule is Cc1nc2ccccc2n1CC1CCN(C(=O)C2(C)COC2)CC1. The average molecular weight is 327 g/mol. The lowest BCUT2D eigenvalue weighted by Crippen LogP contribution is -2.55. The average Bonchev–Trinajstić information content (AvgIpc) is 2.88. The number of benzene rings is 1. The van der Waals surface area contributed by atoms with E-state index in [0.29, 0.717) is 19.1 Å². The predicted molar refractivity (Wildman–Crippen MR) is 92.7 cm³/mol. The molecule has 0 saturated carbocycles. The molecule has 2 aliphatic rings. The minimum atomic E-state index is -0.274. The van der Waals surface area contributed by atoms with Gasteiger partial charge in [0.1, 0.15) is 5.82 Å². The lowest BCUT2D eigenvalue weighted by molar-refractivity contribution is -0.170. The van der Waals surface area contributed by atoms with Crippen LogP contribution in [0.1, 0.15) is 25.6 Å². The summed E-state index contributed by atoms with van der Waals surface area (Å²) in [5, 5.41) is 0. The summed E-state index contributed by atoms with van der Waals surface area (Å²) in [5.74, 6) is 1.96. The van der Waals surface area contributed by atoms with Crippen molar-refractivity contribution in [3.05, 3.63) is 30.1 Å². The first kappa shape index (κ1) is 15.6. The molecule has 128 valence electrons. The molecule has 0 aliphatic carbocycles.